The number of hydrogen-bond acceptors (Lipinski definition) is 3. The minimum atomic E-state index is -0.938. The fourth-order valence-electron chi connectivity index (χ4n) is 2.71. The zero-order valence-corrected chi connectivity index (χ0v) is 10.7. The number of rotatable bonds is 4. The highest BCUT2D eigenvalue weighted by atomic mass is 16.4. The quantitative estimate of drug-likeness (QED) is 0.804. The zero-order valence-electron chi connectivity index (χ0n) is 10.7. The Kier molecular flexibility index (Phi) is 3.75. The van der Waals surface area contributed by atoms with Gasteiger partial charge in [0.2, 0.25) is 0 Å². The average molecular weight is 248 g/mol. The van der Waals surface area contributed by atoms with E-state index < -0.39 is 5.97 Å². The zero-order chi connectivity index (χ0) is 13.1. The Morgan fingerprint density at radius 2 is 2.11 bits per heavy atom. The number of aromatic carboxylic acids is 1. The van der Waals surface area contributed by atoms with Crippen LogP contribution in [-0.4, -0.2) is 24.7 Å². The normalized spacial score (nSPS) is 15.8. The van der Waals surface area contributed by atoms with E-state index in [0.717, 1.165) is 18.2 Å². The van der Waals surface area contributed by atoms with Crippen molar-refractivity contribution >= 4 is 17.3 Å². The molecule has 0 saturated heterocycles. The Labute approximate surface area is 107 Å². The molecule has 1 aromatic carbocycles. The minimum Gasteiger partial charge on any atom is -0.478 e. The van der Waals surface area contributed by atoms with E-state index in [1.54, 1.807) is 12.1 Å². The molecule has 98 valence electrons. The topological polar surface area (TPSA) is 66.6 Å². The molecule has 0 bridgehead atoms. The van der Waals surface area contributed by atoms with Crippen LogP contribution in [0.25, 0.3) is 0 Å². The highest BCUT2D eigenvalue weighted by molar-refractivity contribution is 5.90. The van der Waals surface area contributed by atoms with Crippen LogP contribution in [0.15, 0.2) is 18.2 Å². The number of nitrogens with zero attached hydrogens (tertiary/aromatic N) is 1. The number of carbonyl (C=O) groups is 1. The molecule has 0 aromatic heterocycles. The summed E-state index contributed by atoms with van der Waals surface area (Å²) in [5.74, 6) is -0.194. The van der Waals surface area contributed by atoms with Gasteiger partial charge in [0.25, 0.3) is 0 Å². The first-order valence-corrected chi connectivity index (χ1v) is 6.42. The molecule has 18 heavy (non-hydrogen) atoms. The lowest BCUT2D eigenvalue weighted by atomic mass is 10.1. The van der Waals surface area contributed by atoms with E-state index in [2.05, 4.69) is 4.90 Å². The first-order valence-electron chi connectivity index (χ1n) is 6.42. The van der Waals surface area contributed by atoms with Crippen LogP contribution in [0.2, 0.25) is 0 Å². The van der Waals surface area contributed by atoms with Gasteiger partial charge in [-0.25, -0.2) is 4.79 Å². The molecule has 1 fully saturated rings. The summed E-state index contributed by atoms with van der Waals surface area (Å²) >= 11 is 0. The molecule has 0 atom stereocenters. The van der Waals surface area contributed by atoms with Gasteiger partial charge < -0.3 is 15.7 Å². The van der Waals surface area contributed by atoms with Crippen molar-refractivity contribution in [2.75, 3.05) is 24.2 Å². The van der Waals surface area contributed by atoms with E-state index in [0.29, 0.717) is 5.69 Å². The van der Waals surface area contributed by atoms with Crippen molar-refractivity contribution in [1.82, 2.24) is 0 Å². The third kappa shape index (κ3) is 2.75. The summed E-state index contributed by atoms with van der Waals surface area (Å²) in [7, 11) is 2.02. The third-order valence-electron chi connectivity index (χ3n) is 3.69. The number of nitrogen functional groups attached to an aromatic ring is 1. The molecule has 1 saturated carbocycles. The van der Waals surface area contributed by atoms with Crippen molar-refractivity contribution < 1.29 is 9.90 Å². The van der Waals surface area contributed by atoms with Crippen molar-refractivity contribution in [2.45, 2.75) is 25.7 Å². The minimum absolute atomic E-state index is 0.241. The molecule has 1 aromatic rings. The lowest BCUT2D eigenvalue weighted by Gasteiger charge is -2.24. The third-order valence-corrected chi connectivity index (χ3v) is 3.69. The molecule has 3 N–H and O–H groups in total. The first-order chi connectivity index (χ1) is 8.58. The second-order valence-corrected chi connectivity index (χ2v) is 5.11. The molecule has 4 nitrogen and oxygen atoms in total. The molecule has 4 heteroatoms. The summed E-state index contributed by atoms with van der Waals surface area (Å²) in [6.45, 7) is 0.997. The summed E-state index contributed by atoms with van der Waals surface area (Å²) in [5.41, 5.74) is 7.63. The Morgan fingerprint density at radius 3 is 2.67 bits per heavy atom. The first kappa shape index (κ1) is 12.7. The maximum atomic E-state index is 10.8. The van der Waals surface area contributed by atoms with E-state index in [4.69, 9.17) is 10.8 Å². The average Bonchev–Trinajstić information content (AvgIpc) is 2.81. The summed E-state index contributed by atoms with van der Waals surface area (Å²) in [4.78, 5) is 13.0. The van der Waals surface area contributed by atoms with Gasteiger partial charge in [0.15, 0.2) is 0 Å². The summed E-state index contributed by atoms with van der Waals surface area (Å²) in [6.07, 6.45) is 5.23. The number of carboxylic acid groups (broad SMARTS) is 1. The fourth-order valence-corrected chi connectivity index (χ4v) is 2.71. The van der Waals surface area contributed by atoms with Crippen LogP contribution in [0.3, 0.4) is 0 Å². The monoisotopic (exact) mass is 248 g/mol. The summed E-state index contributed by atoms with van der Waals surface area (Å²) < 4.78 is 0. The van der Waals surface area contributed by atoms with Gasteiger partial charge >= 0.3 is 5.97 Å². The molecule has 0 amide bonds. The van der Waals surface area contributed by atoms with Crippen LogP contribution in [-0.2, 0) is 0 Å². The van der Waals surface area contributed by atoms with Gasteiger partial charge in [-0.05, 0) is 37.0 Å². The summed E-state index contributed by atoms with van der Waals surface area (Å²) in [6, 6.07) is 4.94. The van der Waals surface area contributed by atoms with Crippen LogP contribution in [0.5, 0.6) is 0 Å². The van der Waals surface area contributed by atoms with Crippen LogP contribution in [0.4, 0.5) is 11.4 Å². The van der Waals surface area contributed by atoms with Gasteiger partial charge in [0.1, 0.15) is 0 Å². The highest BCUT2D eigenvalue weighted by Crippen LogP contribution is 2.29. The predicted octanol–water partition coefficient (Wildman–Crippen LogP) is 2.59. The Hall–Kier alpha value is -1.71. The molecule has 0 aliphatic heterocycles. The van der Waals surface area contributed by atoms with Gasteiger partial charge in [-0.1, -0.05) is 12.8 Å². The van der Waals surface area contributed by atoms with Crippen molar-refractivity contribution in [3.05, 3.63) is 23.8 Å². The maximum absolute atomic E-state index is 10.8. The van der Waals surface area contributed by atoms with Crippen LogP contribution >= 0.6 is 0 Å². The molecule has 1 aliphatic rings. The molecule has 0 unspecified atom stereocenters. The molecule has 0 radical (unpaired) electrons. The van der Waals surface area contributed by atoms with E-state index in [1.165, 1.54) is 31.7 Å². The van der Waals surface area contributed by atoms with Crippen molar-refractivity contribution in [1.29, 1.82) is 0 Å². The maximum Gasteiger partial charge on any atom is 0.335 e. The standard InChI is InChI=1S/C14H20N2O2/c1-16(9-10-4-2-3-5-10)13-7-6-11(14(17)18)8-12(13)15/h6-8,10H,2-5,9,15H2,1H3,(H,17,18). The van der Waals surface area contributed by atoms with Crippen molar-refractivity contribution in [2.24, 2.45) is 5.92 Å². The SMILES string of the molecule is CN(CC1CCCC1)c1ccc(C(=O)O)cc1N. The molecule has 0 spiro atoms. The van der Waals surface area contributed by atoms with Gasteiger partial charge in [0, 0.05) is 13.6 Å². The molecular weight excluding hydrogens is 228 g/mol. The second-order valence-electron chi connectivity index (χ2n) is 5.11. The van der Waals surface area contributed by atoms with Crippen LogP contribution in [0, 0.1) is 5.92 Å². The summed E-state index contributed by atoms with van der Waals surface area (Å²) in [5, 5.41) is 8.90. The predicted molar refractivity (Wildman–Crippen MR) is 73.0 cm³/mol. The van der Waals surface area contributed by atoms with E-state index in [1.807, 2.05) is 7.05 Å². The van der Waals surface area contributed by atoms with Crippen molar-refractivity contribution in [3.8, 4) is 0 Å². The van der Waals surface area contributed by atoms with Gasteiger partial charge in [-0.3, -0.25) is 0 Å². The molecule has 0 heterocycles. The number of nitrogens with two attached hydrogens (primary N) is 1. The number of anilines is 2. The molecule has 2 rings (SSSR count). The number of carboxylic acids is 1. The molecular formula is C14H20N2O2. The lowest BCUT2D eigenvalue weighted by Crippen LogP contribution is -2.24. The number of benzene rings is 1. The highest BCUT2D eigenvalue weighted by Gasteiger charge is 2.18. The van der Waals surface area contributed by atoms with Gasteiger partial charge in [-0.2, -0.15) is 0 Å². The van der Waals surface area contributed by atoms with E-state index >= 15 is 0 Å². The van der Waals surface area contributed by atoms with Gasteiger partial charge in [-0.15, -0.1) is 0 Å². The van der Waals surface area contributed by atoms with Gasteiger partial charge in [0.05, 0.1) is 16.9 Å². The van der Waals surface area contributed by atoms with E-state index in [-0.39, 0.29) is 5.56 Å². The Bertz CT molecular complexity index is 439. The Morgan fingerprint density at radius 1 is 1.44 bits per heavy atom. The van der Waals surface area contributed by atoms with Crippen LogP contribution < -0.4 is 10.6 Å². The number of hydrogen-bond donors (Lipinski definition) is 2. The molecule has 1 aliphatic carbocycles. The second kappa shape index (κ2) is 5.29. The van der Waals surface area contributed by atoms with Crippen molar-refractivity contribution in [3.63, 3.8) is 0 Å². The fraction of sp³-hybridized carbons (Fsp3) is 0.500. The largest absolute Gasteiger partial charge is 0.478 e. The van der Waals surface area contributed by atoms with E-state index in [9.17, 15) is 4.79 Å². The van der Waals surface area contributed by atoms with Crippen LogP contribution in [0.1, 0.15) is 36.0 Å². The Balaban J connectivity index is 2.09. The smallest absolute Gasteiger partial charge is 0.335 e. The lowest BCUT2D eigenvalue weighted by molar-refractivity contribution is 0.0697.